The lowest BCUT2D eigenvalue weighted by Crippen LogP contribution is -2.04. The molecule has 0 amide bonds. The van der Waals surface area contributed by atoms with Gasteiger partial charge in [0.2, 0.25) is 0 Å². The molecule has 0 unspecified atom stereocenters. The lowest BCUT2D eigenvalue weighted by molar-refractivity contribution is 1.28. The Hall–Kier alpha value is -0.990. The van der Waals surface area contributed by atoms with Gasteiger partial charge in [-0.05, 0) is 12.1 Å². The van der Waals surface area contributed by atoms with Gasteiger partial charge < -0.3 is 4.98 Å². The third-order valence-corrected chi connectivity index (χ3v) is 2.36. The topological polar surface area (TPSA) is 32.9 Å². The molecule has 0 aliphatic rings. The molecule has 1 aromatic carbocycles. The van der Waals surface area contributed by atoms with Gasteiger partial charge in [-0.15, -0.1) is 0 Å². The molecule has 0 atom stereocenters. The molecule has 2 nitrogen and oxygen atoms in total. The third kappa shape index (κ3) is 1.43. The number of H-pyrrole nitrogens is 1. The van der Waals surface area contributed by atoms with Gasteiger partial charge in [-0.2, -0.15) is 0 Å². The predicted octanol–water partition coefficient (Wildman–Crippen LogP) is 2.83. The van der Waals surface area contributed by atoms with Crippen LogP contribution < -0.4 is 5.56 Å². The summed E-state index contributed by atoms with van der Waals surface area (Å²) >= 11 is 11.6. The van der Waals surface area contributed by atoms with Crippen molar-refractivity contribution in [3.05, 3.63) is 44.8 Å². The first kappa shape index (κ1) is 8.60. The van der Waals surface area contributed by atoms with Crippen LogP contribution in [-0.2, 0) is 0 Å². The van der Waals surface area contributed by atoms with Crippen LogP contribution in [0.25, 0.3) is 10.8 Å². The largest absolute Gasteiger partial charge is 0.327 e. The first-order chi connectivity index (χ1) is 6.18. The smallest absolute Gasteiger partial charge is 0.255 e. The van der Waals surface area contributed by atoms with E-state index < -0.39 is 0 Å². The van der Waals surface area contributed by atoms with Gasteiger partial charge >= 0.3 is 0 Å². The molecule has 0 saturated carbocycles. The van der Waals surface area contributed by atoms with E-state index in [0.717, 1.165) is 5.39 Å². The van der Waals surface area contributed by atoms with Crippen LogP contribution in [-0.4, -0.2) is 4.98 Å². The summed E-state index contributed by atoms with van der Waals surface area (Å²) < 4.78 is 0. The van der Waals surface area contributed by atoms with Crippen LogP contribution in [0.15, 0.2) is 29.2 Å². The summed E-state index contributed by atoms with van der Waals surface area (Å²) in [5, 5.41) is 2.28. The number of pyridine rings is 1. The van der Waals surface area contributed by atoms with Gasteiger partial charge in [-0.3, -0.25) is 4.79 Å². The molecule has 0 fully saturated rings. The maximum Gasteiger partial charge on any atom is 0.255 e. The summed E-state index contributed by atoms with van der Waals surface area (Å²) in [4.78, 5) is 13.8. The molecule has 2 rings (SSSR count). The Morgan fingerprint density at radius 2 is 1.92 bits per heavy atom. The minimum absolute atomic E-state index is 0.179. The molecule has 1 N–H and O–H groups in total. The second-order valence-corrected chi connectivity index (χ2v) is 3.50. The zero-order valence-electron chi connectivity index (χ0n) is 6.47. The van der Waals surface area contributed by atoms with Crippen molar-refractivity contribution in [3.63, 3.8) is 0 Å². The SMILES string of the molecule is O=c1[nH]cc(Cl)c2ccc(Cl)cc12. The molecule has 0 aliphatic carbocycles. The highest BCUT2D eigenvalue weighted by atomic mass is 35.5. The Labute approximate surface area is 84.1 Å². The van der Waals surface area contributed by atoms with Crippen molar-refractivity contribution >= 4 is 34.0 Å². The minimum atomic E-state index is -0.179. The zero-order valence-corrected chi connectivity index (χ0v) is 7.99. The number of nitrogens with one attached hydrogen (secondary N) is 1. The van der Waals surface area contributed by atoms with E-state index >= 15 is 0 Å². The van der Waals surface area contributed by atoms with E-state index in [4.69, 9.17) is 23.2 Å². The van der Waals surface area contributed by atoms with Crippen molar-refractivity contribution in [2.75, 3.05) is 0 Å². The molecule has 66 valence electrons. The molecule has 4 heteroatoms. The summed E-state index contributed by atoms with van der Waals surface area (Å²) in [6.45, 7) is 0. The van der Waals surface area contributed by atoms with Gasteiger partial charge in [0.15, 0.2) is 0 Å². The fourth-order valence-corrected chi connectivity index (χ4v) is 1.59. The van der Waals surface area contributed by atoms with Gasteiger partial charge in [0.1, 0.15) is 0 Å². The van der Waals surface area contributed by atoms with Crippen LogP contribution in [0, 0.1) is 0 Å². The lowest BCUT2D eigenvalue weighted by Gasteiger charge is -1.98. The number of aromatic amines is 1. The molecule has 13 heavy (non-hydrogen) atoms. The van der Waals surface area contributed by atoms with Crippen molar-refractivity contribution in [3.8, 4) is 0 Å². The number of fused-ring (bicyclic) bond motifs is 1. The van der Waals surface area contributed by atoms with E-state index in [1.54, 1.807) is 18.2 Å². The van der Waals surface area contributed by atoms with Crippen molar-refractivity contribution in [2.45, 2.75) is 0 Å². The molecule has 1 heterocycles. The predicted molar refractivity (Wildman–Crippen MR) is 54.6 cm³/mol. The number of hydrogen-bond acceptors (Lipinski definition) is 1. The fourth-order valence-electron chi connectivity index (χ4n) is 1.20. The quantitative estimate of drug-likeness (QED) is 0.718. The van der Waals surface area contributed by atoms with Crippen LogP contribution in [0.3, 0.4) is 0 Å². The van der Waals surface area contributed by atoms with Crippen molar-refractivity contribution in [1.82, 2.24) is 4.98 Å². The number of benzene rings is 1. The molecule has 2 aromatic rings. The lowest BCUT2D eigenvalue weighted by atomic mass is 10.2. The Kier molecular flexibility index (Phi) is 2.02. The second kappa shape index (κ2) is 3.05. The molecular formula is C9H5Cl2NO. The van der Waals surface area contributed by atoms with Gasteiger partial charge in [0, 0.05) is 22.0 Å². The van der Waals surface area contributed by atoms with Gasteiger partial charge in [0.25, 0.3) is 5.56 Å². The van der Waals surface area contributed by atoms with Crippen molar-refractivity contribution in [2.24, 2.45) is 0 Å². The summed E-state index contributed by atoms with van der Waals surface area (Å²) in [6, 6.07) is 5.03. The summed E-state index contributed by atoms with van der Waals surface area (Å²) in [7, 11) is 0. The Balaban J connectivity index is 3.01. The van der Waals surface area contributed by atoms with E-state index in [1.807, 2.05) is 0 Å². The summed E-state index contributed by atoms with van der Waals surface area (Å²) in [6.07, 6.45) is 1.47. The highest BCUT2D eigenvalue weighted by molar-refractivity contribution is 6.36. The average molecular weight is 214 g/mol. The summed E-state index contributed by atoms with van der Waals surface area (Å²) in [5.74, 6) is 0. The van der Waals surface area contributed by atoms with E-state index in [0.29, 0.717) is 15.4 Å². The third-order valence-electron chi connectivity index (χ3n) is 1.81. The Bertz CT molecular complexity index is 518. The molecule has 1 aromatic heterocycles. The van der Waals surface area contributed by atoms with Crippen molar-refractivity contribution < 1.29 is 0 Å². The highest BCUT2D eigenvalue weighted by Gasteiger charge is 2.02. The van der Waals surface area contributed by atoms with Gasteiger partial charge in [0.05, 0.1) is 5.02 Å². The Morgan fingerprint density at radius 3 is 2.69 bits per heavy atom. The molecule has 0 saturated heterocycles. The Morgan fingerprint density at radius 1 is 1.15 bits per heavy atom. The van der Waals surface area contributed by atoms with Gasteiger partial charge in [-0.25, -0.2) is 0 Å². The van der Waals surface area contributed by atoms with Crippen LogP contribution in [0.4, 0.5) is 0 Å². The second-order valence-electron chi connectivity index (χ2n) is 2.66. The molecule has 0 radical (unpaired) electrons. The number of aromatic nitrogens is 1. The van der Waals surface area contributed by atoms with Crippen molar-refractivity contribution in [1.29, 1.82) is 0 Å². The van der Waals surface area contributed by atoms with E-state index in [-0.39, 0.29) is 5.56 Å². The molecular weight excluding hydrogens is 209 g/mol. The van der Waals surface area contributed by atoms with Gasteiger partial charge in [-0.1, -0.05) is 29.3 Å². The number of halogens is 2. The van der Waals surface area contributed by atoms with Crippen LogP contribution >= 0.6 is 23.2 Å². The first-order valence-electron chi connectivity index (χ1n) is 3.65. The summed E-state index contributed by atoms with van der Waals surface area (Å²) in [5.41, 5.74) is -0.179. The van der Waals surface area contributed by atoms with Crippen LogP contribution in [0.5, 0.6) is 0 Å². The monoisotopic (exact) mass is 213 g/mol. The normalized spacial score (nSPS) is 10.6. The van der Waals surface area contributed by atoms with Crippen LogP contribution in [0.1, 0.15) is 0 Å². The van der Waals surface area contributed by atoms with E-state index in [9.17, 15) is 4.79 Å². The molecule has 0 bridgehead atoms. The first-order valence-corrected chi connectivity index (χ1v) is 4.40. The minimum Gasteiger partial charge on any atom is -0.327 e. The molecule has 0 spiro atoms. The number of hydrogen-bond donors (Lipinski definition) is 1. The zero-order chi connectivity index (χ0) is 9.42. The highest BCUT2D eigenvalue weighted by Crippen LogP contribution is 2.22. The standard InChI is InChI=1S/C9H5Cl2NO/c10-5-1-2-6-7(3-5)9(13)12-4-8(6)11/h1-4H,(H,12,13). The maximum atomic E-state index is 11.3. The van der Waals surface area contributed by atoms with E-state index in [1.165, 1.54) is 6.20 Å². The van der Waals surface area contributed by atoms with Crippen LogP contribution in [0.2, 0.25) is 10.0 Å². The average Bonchev–Trinajstić information content (AvgIpc) is 2.12. The molecule has 0 aliphatic heterocycles. The maximum absolute atomic E-state index is 11.3. The fraction of sp³-hybridized carbons (Fsp3) is 0. The van der Waals surface area contributed by atoms with E-state index in [2.05, 4.69) is 4.98 Å². The number of rotatable bonds is 0.